The van der Waals surface area contributed by atoms with E-state index in [9.17, 15) is 4.79 Å². The van der Waals surface area contributed by atoms with Crippen LogP contribution in [0.5, 0.6) is 5.75 Å². The number of nitrogens with one attached hydrogen (secondary N) is 1. The average Bonchev–Trinajstić information content (AvgIpc) is 3.55. The highest BCUT2D eigenvalue weighted by atomic mass is 16.5. The van der Waals surface area contributed by atoms with Gasteiger partial charge in [0.05, 0.1) is 30.1 Å². The number of carbonyl (C=O) groups is 1. The Labute approximate surface area is 246 Å². The number of fused-ring (bicyclic) bond motifs is 2. The lowest BCUT2D eigenvalue weighted by atomic mass is 10.1. The van der Waals surface area contributed by atoms with E-state index in [-0.39, 0.29) is 5.97 Å². The largest absolute Gasteiger partial charge is 0.489 e. The molecule has 6 nitrogen and oxygen atoms in total. The van der Waals surface area contributed by atoms with E-state index in [0.717, 1.165) is 50.8 Å². The summed E-state index contributed by atoms with van der Waals surface area (Å²) in [6.45, 7) is 4.32. The lowest BCUT2D eigenvalue weighted by Crippen LogP contribution is -2.18. The minimum Gasteiger partial charge on any atom is -0.489 e. The van der Waals surface area contributed by atoms with Gasteiger partial charge in [-0.05, 0) is 84.4 Å². The van der Waals surface area contributed by atoms with Crippen LogP contribution in [-0.2, 0) is 11.3 Å². The Hall–Kier alpha value is -4.68. The number of ether oxygens (including phenoxy) is 2. The number of carbonyl (C=O) groups excluding carboxylic acids is 1. The highest BCUT2D eigenvalue weighted by Crippen LogP contribution is 2.26. The molecule has 42 heavy (non-hydrogen) atoms. The molecule has 1 N–H and O–H groups in total. The summed E-state index contributed by atoms with van der Waals surface area (Å²) >= 11 is 0. The maximum atomic E-state index is 11.9. The summed E-state index contributed by atoms with van der Waals surface area (Å²) in [5.74, 6) is 0.497. The highest BCUT2D eigenvalue weighted by molar-refractivity contribution is 5.90. The molecule has 0 amide bonds. The van der Waals surface area contributed by atoms with Gasteiger partial charge in [-0.1, -0.05) is 60.7 Å². The first-order valence-corrected chi connectivity index (χ1v) is 14.5. The molecule has 0 aliphatic carbocycles. The van der Waals surface area contributed by atoms with Gasteiger partial charge >= 0.3 is 5.97 Å². The van der Waals surface area contributed by atoms with Crippen molar-refractivity contribution in [1.29, 1.82) is 0 Å². The summed E-state index contributed by atoms with van der Waals surface area (Å²) in [5, 5.41) is 6.92. The molecule has 6 heteroatoms. The van der Waals surface area contributed by atoms with Gasteiger partial charge in [-0.3, -0.25) is 9.88 Å². The Morgan fingerprint density at radius 3 is 2.57 bits per heavy atom. The second-order valence-corrected chi connectivity index (χ2v) is 10.8. The van der Waals surface area contributed by atoms with Crippen molar-refractivity contribution in [1.82, 2.24) is 9.88 Å². The molecule has 1 aliphatic rings. The van der Waals surface area contributed by atoms with E-state index in [1.807, 2.05) is 42.6 Å². The Morgan fingerprint density at radius 2 is 1.74 bits per heavy atom. The number of hydrogen-bond acceptors (Lipinski definition) is 6. The zero-order valence-corrected chi connectivity index (χ0v) is 23.9. The van der Waals surface area contributed by atoms with Crippen LogP contribution >= 0.6 is 0 Å². The molecule has 2 heterocycles. The molecule has 4 aromatic carbocycles. The SMILES string of the molecule is COC(=O)c1ccc(/C=C(/CNc2cnc3ccc(CN4CCCC4)cc3c2)COc2cccc3ccccc23)cc1. The van der Waals surface area contributed by atoms with Crippen LogP contribution in [0.15, 0.2) is 103 Å². The quantitative estimate of drug-likeness (QED) is 0.181. The van der Waals surface area contributed by atoms with Crippen molar-refractivity contribution in [3.05, 3.63) is 119 Å². The van der Waals surface area contributed by atoms with Crippen LogP contribution in [0.1, 0.15) is 34.3 Å². The van der Waals surface area contributed by atoms with E-state index in [1.54, 1.807) is 12.1 Å². The smallest absolute Gasteiger partial charge is 0.337 e. The molecule has 0 radical (unpaired) electrons. The maximum absolute atomic E-state index is 11.9. The third kappa shape index (κ3) is 6.61. The fraction of sp³-hybridized carbons (Fsp3) is 0.222. The molecule has 1 aromatic heterocycles. The van der Waals surface area contributed by atoms with Crippen LogP contribution in [0, 0.1) is 0 Å². The lowest BCUT2D eigenvalue weighted by molar-refractivity contribution is 0.0600. The predicted octanol–water partition coefficient (Wildman–Crippen LogP) is 7.34. The zero-order chi connectivity index (χ0) is 28.7. The maximum Gasteiger partial charge on any atom is 0.337 e. The molecule has 0 atom stereocenters. The number of anilines is 1. The van der Waals surface area contributed by atoms with Crippen LogP contribution in [0.3, 0.4) is 0 Å². The molecule has 0 bridgehead atoms. The number of benzene rings is 4. The number of hydrogen-bond donors (Lipinski definition) is 1. The molecule has 1 fully saturated rings. The van der Waals surface area contributed by atoms with E-state index in [2.05, 4.69) is 58.8 Å². The Kier molecular flexibility index (Phi) is 8.43. The lowest BCUT2D eigenvalue weighted by Gasteiger charge is -2.15. The Morgan fingerprint density at radius 1 is 0.929 bits per heavy atom. The van der Waals surface area contributed by atoms with E-state index >= 15 is 0 Å². The third-order valence-corrected chi connectivity index (χ3v) is 7.74. The highest BCUT2D eigenvalue weighted by Gasteiger charge is 2.12. The van der Waals surface area contributed by atoms with Crippen molar-refractivity contribution in [2.45, 2.75) is 19.4 Å². The molecule has 1 aliphatic heterocycles. The average molecular weight is 558 g/mol. The minimum atomic E-state index is -0.348. The number of rotatable bonds is 10. The monoisotopic (exact) mass is 557 g/mol. The summed E-state index contributed by atoms with van der Waals surface area (Å²) in [7, 11) is 1.39. The van der Waals surface area contributed by atoms with Gasteiger partial charge in [0, 0.05) is 23.9 Å². The van der Waals surface area contributed by atoms with E-state index in [1.165, 1.54) is 38.6 Å². The van der Waals surface area contributed by atoms with Gasteiger partial charge < -0.3 is 14.8 Å². The Balaban J connectivity index is 1.22. The van der Waals surface area contributed by atoms with Crippen molar-refractivity contribution >= 4 is 39.4 Å². The fourth-order valence-corrected chi connectivity index (χ4v) is 5.50. The molecule has 6 rings (SSSR count). The molecule has 212 valence electrons. The van der Waals surface area contributed by atoms with Gasteiger partial charge in [-0.15, -0.1) is 0 Å². The van der Waals surface area contributed by atoms with Crippen molar-refractivity contribution in [3.63, 3.8) is 0 Å². The number of esters is 1. The number of aromatic nitrogens is 1. The van der Waals surface area contributed by atoms with Gasteiger partial charge in [0.1, 0.15) is 12.4 Å². The van der Waals surface area contributed by atoms with Crippen LogP contribution in [0.2, 0.25) is 0 Å². The van der Waals surface area contributed by atoms with Crippen LogP contribution in [0.4, 0.5) is 5.69 Å². The van der Waals surface area contributed by atoms with Crippen LogP contribution in [-0.4, -0.2) is 49.2 Å². The Bertz CT molecular complexity index is 1720. The van der Waals surface area contributed by atoms with Crippen molar-refractivity contribution in [3.8, 4) is 5.75 Å². The molecule has 0 spiro atoms. The van der Waals surface area contributed by atoms with Crippen molar-refractivity contribution in [2.24, 2.45) is 0 Å². The van der Waals surface area contributed by atoms with Crippen LogP contribution in [0.25, 0.3) is 27.8 Å². The second kappa shape index (κ2) is 12.9. The molecular formula is C36H35N3O3. The molecule has 0 saturated carbocycles. The standard InChI is InChI=1S/C36H35N3O3/c1-41-36(40)30-14-11-26(12-15-30)19-28(25-42-35-10-6-8-29-7-2-3-9-33(29)35)22-37-32-21-31-20-27(13-16-34(31)38-23-32)24-39-17-4-5-18-39/h2-3,6-16,19-21,23,37H,4-5,17-18,22,24-25H2,1H3/b28-19-. The van der Waals surface area contributed by atoms with Crippen LogP contribution < -0.4 is 10.1 Å². The van der Waals surface area contributed by atoms with Gasteiger partial charge in [-0.25, -0.2) is 4.79 Å². The van der Waals surface area contributed by atoms with Gasteiger partial charge in [0.25, 0.3) is 0 Å². The fourth-order valence-electron chi connectivity index (χ4n) is 5.50. The number of pyridine rings is 1. The zero-order valence-electron chi connectivity index (χ0n) is 23.9. The third-order valence-electron chi connectivity index (χ3n) is 7.74. The molecule has 1 saturated heterocycles. The van der Waals surface area contributed by atoms with Crippen molar-refractivity contribution < 1.29 is 14.3 Å². The first-order chi connectivity index (χ1) is 20.6. The first-order valence-electron chi connectivity index (χ1n) is 14.5. The first kappa shape index (κ1) is 27.5. The van der Waals surface area contributed by atoms with Gasteiger partial charge in [-0.2, -0.15) is 0 Å². The summed E-state index contributed by atoms with van der Waals surface area (Å²) < 4.78 is 11.2. The second-order valence-electron chi connectivity index (χ2n) is 10.8. The number of likely N-dealkylation sites (tertiary alicyclic amines) is 1. The summed E-state index contributed by atoms with van der Waals surface area (Å²) in [6.07, 6.45) is 6.57. The number of methoxy groups -OCH3 is 1. The van der Waals surface area contributed by atoms with Gasteiger partial charge in [0.2, 0.25) is 0 Å². The summed E-state index contributed by atoms with van der Waals surface area (Å²) in [5.41, 5.74) is 5.82. The normalized spacial score (nSPS) is 13.9. The summed E-state index contributed by atoms with van der Waals surface area (Å²) in [4.78, 5) is 19.1. The van der Waals surface area contributed by atoms with Gasteiger partial charge in [0.15, 0.2) is 0 Å². The minimum absolute atomic E-state index is 0.348. The number of nitrogens with zero attached hydrogens (tertiary/aromatic N) is 2. The topological polar surface area (TPSA) is 63.7 Å². The van der Waals surface area contributed by atoms with Crippen molar-refractivity contribution in [2.75, 3.05) is 38.7 Å². The molecule has 0 unspecified atom stereocenters. The van der Waals surface area contributed by atoms with E-state index in [4.69, 9.17) is 14.5 Å². The predicted molar refractivity (Wildman–Crippen MR) is 170 cm³/mol. The molecular weight excluding hydrogens is 522 g/mol. The summed E-state index contributed by atoms with van der Waals surface area (Å²) in [6, 6.07) is 30.5. The van der Waals surface area contributed by atoms with E-state index < -0.39 is 0 Å². The molecule has 5 aromatic rings. The van der Waals surface area contributed by atoms with E-state index in [0.29, 0.717) is 18.7 Å².